The molecule has 2 heterocycles. The molecule has 0 spiro atoms. The van der Waals surface area contributed by atoms with Crippen molar-refractivity contribution >= 4 is 11.3 Å². The second kappa shape index (κ2) is 4.84. The first-order valence-electron chi connectivity index (χ1n) is 5.54. The van der Waals surface area contributed by atoms with Crippen LogP contribution < -0.4 is 4.74 Å². The molecule has 3 nitrogen and oxygen atoms in total. The zero-order valence-corrected chi connectivity index (χ0v) is 11.1. The van der Waals surface area contributed by atoms with Crippen molar-refractivity contribution in [2.45, 2.75) is 32.8 Å². The van der Waals surface area contributed by atoms with Crippen molar-refractivity contribution in [2.24, 2.45) is 0 Å². The third kappa shape index (κ3) is 3.27. The highest BCUT2D eigenvalue weighted by Crippen LogP contribution is 2.22. The summed E-state index contributed by atoms with van der Waals surface area (Å²) in [5, 5.41) is 2.91. The number of ether oxygens (including phenoxy) is 1. The maximum atomic E-state index is 5.62. The molecule has 0 unspecified atom stereocenters. The van der Waals surface area contributed by atoms with Crippen molar-refractivity contribution < 1.29 is 4.74 Å². The molecule has 0 N–H and O–H groups in total. The van der Waals surface area contributed by atoms with E-state index in [1.54, 1.807) is 17.5 Å². The monoisotopic (exact) mass is 248 g/mol. The van der Waals surface area contributed by atoms with Crippen LogP contribution >= 0.6 is 11.3 Å². The van der Waals surface area contributed by atoms with Crippen molar-refractivity contribution in [1.29, 1.82) is 0 Å². The summed E-state index contributed by atoms with van der Waals surface area (Å²) in [6.45, 7) is 6.90. The maximum absolute atomic E-state index is 5.62. The summed E-state index contributed by atoms with van der Waals surface area (Å²) in [5.74, 6) is 0.660. The van der Waals surface area contributed by atoms with Gasteiger partial charge in [-0.15, -0.1) is 11.3 Å². The minimum Gasteiger partial charge on any atom is -0.470 e. The molecule has 17 heavy (non-hydrogen) atoms. The fraction of sp³-hybridized carbons (Fsp3) is 0.385. The highest BCUT2D eigenvalue weighted by Gasteiger charge is 2.15. The third-order valence-corrected chi connectivity index (χ3v) is 3.07. The Morgan fingerprint density at radius 3 is 2.76 bits per heavy atom. The highest BCUT2D eigenvalue weighted by molar-refractivity contribution is 7.09. The van der Waals surface area contributed by atoms with Gasteiger partial charge in [-0.25, -0.2) is 9.97 Å². The molecule has 4 heteroatoms. The first kappa shape index (κ1) is 12.0. The summed E-state index contributed by atoms with van der Waals surface area (Å²) in [4.78, 5) is 8.67. The number of hydrogen-bond donors (Lipinski definition) is 0. The van der Waals surface area contributed by atoms with Crippen molar-refractivity contribution in [3.63, 3.8) is 0 Å². The fourth-order valence-electron chi connectivity index (χ4n) is 1.37. The van der Waals surface area contributed by atoms with E-state index in [0.29, 0.717) is 12.5 Å². The van der Waals surface area contributed by atoms with Gasteiger partial charge in [0.2, 0.25) is 5.88 Å². The van der Waals surface area contributed by atoms with Gasteiger partial charge in [0.1, 0.15) is 11.6 Å². The van der Waals surface area contributed by atoms with Crippen LogP contribution in [0.1, 0.15) is 31.5 Å². The topological polar surface area (TPSA) is 35.0 Å². The minimum atomic E-state index is 0.0422. The van der Waals surface area contributed by atoms with Gasteiger partial charge >= 0.3 is 0 Å². The zero-order chi connectivity index (χ0) is 12.3. The van der Waals surface area contributed by atoms with Gasteiger partial charge in [0.15, 0.2) is 0 Å². The zero-order valence-electron chi connectivity index (χ0n) is 10.3. The lowest BCUT2D eigenvalue weighted by atomic mass is 9.92. The molecule has 0 saturated heterocycles. The molecular formula is C13H16N2OS. The molecule has 2 aromatic heterocycles. The van der Waals surface area contributed by atoms with Gasteiger partial charge in [-0.2, -0.15) is 0 Å². The number of hydrogen-bond acceptors (Lipinski definition) is 4. The average Bonchev–Trinajstić information content (AvgIpc) is 2.78. The Morgan fingerprint density at radius 1 is 1.29 bits per heavy atom. The van der Waals surface area contributed by atoms with Crippen molar-refractivity contribution in [3.8, 4) is 5.88 Å². The molecule has 0 saturated carbocycles. The van der Waals surface area contributed by atoms with E-state index in [-0.39, 0.29) is 5.41 Å². The van der Waals surface area contributed by atoms with Crippen LogP contribution in [0.25, 0.3) is 0 Å². The smallest absolute Gasteiger partial charge is 0.213 e. The molecule has 90 valence electrons. The van der Waals surface area contributed by atoms with Gasteiger partial charge < -0.3 is 4.74 Å². The Morgan fingerprint density at radius 2 is 2.12 bits per heavy atom. The van der Waals surface area contributed by atoms with E-state index in [1.165, 1.54) is 0 Å². The normalized spacial score (nSPS) is 11.5. The van der Waals surface area contributed by atoms with E-state index in [2.05, 4.69) is 30.7 Å². The largest absolute Gasteiger partial charge is 0.470 e. The van der Waals surface area contributed by atoms with Crippen molar-refractivity contribution in [3.05, 3.63) is 40.5 Å². The van der Waals surface area contributed by atoms with Crippen LogP contribution in [0.2, 0.25) is 0 Å². The second-order valence-corrected chi connectivity index (χ2v) is 5.80. The number of pyridine rings is 1. The standard InChI is InChI=1S/C13H16N2OS/c1-13(2,3)10-5-4-6-11(15-10)16-9-12-14-7-8-17-12/h4-8H,9H2,1-3H3. The summed E-state index contributed by atoms with van der Waals surface area (Å²) in [5.41, 5.74) is 1.08. The van der Waals surface area contributed by atoms with Gasteiger partial charge in [-0.3, -0.25) is 0 Å². The van der Waals surface area contributed by atoms with Crippen molar-refractivity contribution in [1.82, 2.24) is 9.97 Å². The van der Waals surface area contributed by atoms with E-state index >= 15 is 0 Å². The summed E-state index contributed by atoms with van der Waals surface area (Å²) in [6.07, 6.45) is 1.78. The van der Waals surface area contributed by atoms with Crippen LogP contribution in [0.4, 0.5) is 0 Å². The van der Waals surface area contributed by atoms with E-state index in [0.717, 1.165) is 10.7 Å². The lowest BCUT2D eigenvalue weighted by Crippen LogP contribution is -2.13. The van der Waals surface area contributed by atoms with Gasteiger partial charge in [0, 0.05) is 28.8 Å². The Kier molecular flexibility index (Phi) is 3.43. The Bertz CT molecular complexity index is 474. The lowest BCUT2D eigenvalue weighted by Gasteiger charge is -2.18. The van der Waals surface area contributed by atoms with E-state index in [1.807, 2.05) is 23.6 Å². The van der Waals surface area contributed by atoms with Crippen LogP contribution in [-0.4, -0.2) is 9.97 Å². The lowest BCUT2D eigenvalue weighted by molar-refractivity contribution is 0.291. The molecule has 0 aliphatic heterocycles. The maximum Gasteiger partial charge on any atom is 0.213 e. The van der Waals surface area contributed by atoms with Crippen LogP contribution in [-0.2, 0) is 12.0 Å². The predicted octanol–water partition coefficient (Wildman–Crippen LogP) is 3.41. The van der Waals surface area contributed by atoms with Crippen LogP contribution in [0, 0.1) is 0 Å². The summed E-state index contributed by atoms with van der Waals surface area (Å²) in [7, 11) is 0. The van der Waals surface area contributed by atoms with E-state index < -0.39 is 0 Å². The molecule has 2 aromatic rings. The van der Waals surface area contributed by atoms with E-state index in [4.69, 9.17) is 4.74 Å². The molecule has 0 amide bonds. The van der Waals surface area contributed by atoms with Crippen LogP contribution in [0.3, 0.4) is 0 Å². The summed E-state index contributed by atoms with van der Waals surface area (Å²) < 4.78 is 5.62. The Balaban J connectivity index is 2.07. The third-order valence-electron chi connectivity index (χ3n) is 2.32. The number of nitrogens with zero attached hydrogens (tertiary/aromatic N) is 2. The van der Waals surface area contributed by atoms with Gasteiger partial charge in [0.05, 0.1) is 0 Å². The second-order valence-electron chi connectivity index (χ2n) is 4.83. The Labute approximate surface area is 106 Å². The van der Waals surface area contributed by atoms with Gasteiger partial charge in [-0.05, 0) is 6.07 Å². The fourth-order valence-corrected chi connectivity index (χ4v) is 1.90. The molecule has 0 fully saturated rings. The molecule has 0 atom stereocenters. The molecule has 0 aliphatic rings. The number of rotatable bonds is 3. The summed E-state index contributed by atoms with van der Waals surface area (Å²) in [6, 6.07) is 5.88. The van der Waals surface area contributed by atoms with Gasteiger partial charge in [-0.1, -0.05) is 26.8 Å². The highest BCUT2D eigenvalue weighted by atomic mass is 32.1. The van der Waals surface area contributed by atoms with Crippen LogP contribution in [0.5, 0.6) is 5.88 Å². The quantitative estimate of drug-likeness (QED) is 0.835. The van der Waals surface area contributed by atoms with E-state index in [9.17, 15) is 0 Å². The Hall–Kier alpha value is -1.42. The SMILES string of the molecule is CC(C)(C)c1cccc(OCc2nccs2)n1. The van der Waals surface area contributed by atoms with Crippen molar-refractivity contribution in [2.75, 3.05) is 0 Å². The number of thiazole rings is 1. The molecule has 0 aliphatic carbocycles. The molecule has 2 rings (SSSR count). The molecule has 0 bridgehead atoms. The molecule has 0 aromatic carbocycles. The average molecular weight is 248 g/mol. The predicted molar refractivity (Wildman–Crippen MR) is 69.4 cm³/mol. The first-order chi connectivity index (χ1) is 8.05. The molecule has 0 radical (unpaired) electrons. The first-order valence-corrected chi connectivity index (χ1v) is 6.42. The number of aromatic nitrogens is 2. The van der Waals surface area contributed by atoms with Gasteiger partial charge in [0.25, 0.3) is 0 Å². The minimum absolute atomic E-state index is 0.0422. The summed E-state index contributed by atoms with van der Waals surface area (Å²) >= 11 is 1.59. The van der Waals surface area contributed by atoms with Crippen LogP contribution in [0.15, 0.2) is 29.8 Å². The molecular weight excluding hydrogens is 232 g/mol.